The maximum absolute atomic E-state index is 5.58. The van der Waals surface area contributed by atoms with E-state index in [1.807, 2.05) is 19.1 Å². The van der Waals surface area contributed by atoms with Crippen molar-refractivity contribution in [1.82, 2.24) is 4.98 Å². The maximum Gasteiger partial charge on any atom is 1.00 e. The Balaban J connectivity index is 0.00000128. The third-order valence-electron chi connectivity index (χ3n) is 2.43. The van der Waals surface area contributed by atoms with Crippen LogP contribution in [-0.2, 0) is 6.42 Å². The molecule has 0 bridgehead atoms. The Kier molecular flexibility index (Phi) is 5.58. The van der Waals surface area contributed by atoms with E-state index in [0.717, 1.165) is 17.0 Å². The fourth-order valence-corrected chi connectivity index (χ4v) is 1.48. The summed E-state index contributed by atoms with van der Waals surface area (Å²) in [4.78, 5) is 4.40. The van der Waals surface area contributed by atoms with Crippen LogP contribution in [0.15, 0.2) is 28.7 Å². The van der Waals surface area contributed by atoms with Gasteiger partial charge in [0.15, 0.2) is 0 Å². The first-order valence-electron chi connectivity index (χ1n) is 5.03. The van der Waals surface area contributed by atoms with Gasteiger partial charge < -0.3 is 11.3 Å². The molecule has 0 N–H and O–H groups in total. The Hall–Kier alpha value is 0.235. The standard InChI is InChI=1S/C13H14NO.Rb/c1-4-12-10(3)15-13(14-12)11-7-5-9(2)6-8-11;/h5-8H,1,4H2,2-3H3;/q-1;+1. The van der Waals surface area contributed by atoms with Crippen molar-refractivity contribution < 1.29 is 62.6 Å². The van der Waals surface area contributed by atoms with Crippen LogP contribution in [0.5, 0.6) is 0 Å². The van der Waals surface area contributed by atoms with Crippen LogP contribution >= 0.6 is 0 Å². The summed E-state index contributed by atoms with van der Waals surface area (Å²) in [5.74, 6) is 1.55. The van der Waals surface area contributed by atoms with Gasteiger partial charge >= 0.3 is 58.2 Å². The monoisotopic (exact) mass is 285 g/mol. The van der Waals surface area contributed by atoms with Crippen molar-refractivity contribution in [2.24, 2.45) is 0 Å². The smallest absolute Gasteiger partial charge is 0.441 e. The molecule has 0 atom stereocenters. The number of aromatic nitrogens is 1. The zero-order valence-corrected chi connectivity index (χ0v) is 15.0. The number of hydrogen-bond donors (Lipinski definition) is 0. The van der Waals surface area contributed by atoms with Crippen LogP contribution < -0.4 is 58.2 Å². The van der Waals surface area contributed by atoms with Crippen LogP contribution in [0.25, 0.3) is 11.5 Å². The van der Waals surface area contributed by atoms with E-state index in [-0.39, 0.29) is 58.2 Å². The van der Waals surface area contributed by atoms with Crippen molar-refractivity contribution in [2.45, 2.75) is 20.3 Å². The summed E-state index contributed by atoms with van der Waals surface area (Å²) in [5.41, 5.74) is 3.19. The zero-order chi connectivity index (χ0) is 10.8. The molecule has 1 heterocycles. The molecule has 0 amide bonds. The van der Waals surface area contributed by atoms with Crippen molar-refractivity contribution in [3.05, 3.63) is 48.2 Å². The van der Waals surface area contributed by atoms with Gasteiger partial charge in [-0.25, -0.2) is 4.98 Å². The quantitative estimate of drug-likeness (QED) is 0.744. The molecule has 2 nitrogen and oxygen atoms in total. The van der Waals surface area contributed by atoms with Gasteiger partial charge in [-0.05, 0) is 26.0 Å². The molecule has 0 fully saturated rings. The molecule has 1 aromatic carbocycles. The summed E-state index contributed by atoms with van der Waals surface area (Å²) in [6, 6.07) is 8.15. The van der Waals surface area contributed by atoms with E-state index in [4.69, 9.17) is 4.42 Å². The van der Waals surface area contributed by atoms with Gasteiger partial charge in [-0.3, -0.25) is 0 Å². The third kappa shape index (κ3) is 3.13. The van der Waals surface area contributed by atoms with E-state index >= 15 is 0 Å². The van der Waals surface area contributed by atoms with Crippen LogP contribution in [0.2, 0.25) is 0 Å². The molecule has 78 valence electrons. The first-order chi connectivity index (χ1) is 7.20. The minimum atomic E-state index is 0. The van der Waals surface area contributed by atoms with Crippen LogP contribution in [0.1, 0.15) is 17.0 Å². The number of nitrogens with zero attached hydrogens (tertiary/aromatic N) is 1. The molecule has 0 radical (unpaired) electrons. The molecule has 16 heavy (non-hydrogen) atoms. The van der Waals surface area contributed by atoms with Gasteiger partial charge in [-0.1, -0.05) is 17.7 Å². The molecular formula is C13H14NORb. The van der Waals surface area contributed by atoms with Gasteiger partial charge in [-0.2, -0.15) is 0 Å². The predicted molar refractivity (Wildman–Crippen MR) is 60.5 cm³/mol. The fraction of sp³-hybridized carbons (Fsp3) is 0.231. The molecular weight excluding hydrogens is 272 g/mol. The van der Waals surface area contributed by atoms with Gasteiger partial charge in [0.1, 0.15) is 5.76 Å². The second-order valence-corrected chi connectivity index (χ2v) is 3.64. The molecule has 0 saturated heterocycles. The number of rotatable bonds is 2. The van der Waals surface area contributed by atoms with E-state index in [2.05, 4.69) is 31.0 Å². The van der Waals surface area contributed by atoms with E-state index in [1.165, 1.54) is 5.56 Å². The minimum absolute atomic E-state index is 0. The van der Waals surface area contributed by atoms with E-state index < -0.39 is 0 Å². The molecule has 0 aliphatic heterocycles. The summed E-state index contributed by atoms with van der Waals surface area (Å²) >= 11 is 0. The molecule has 2 aromatic rings. The van der Waals surface area contributed by atoms with Gasteiger partial charge in [0.05, 0.1) is 5.69 Å². The Morgan fingerprint density at radius 2 is 1.81 bits per heavy atom. The fourth-order valence-electron chi connectivity index (χ4n) is 1.48. The van der Waals surface area contributed by atoms with Crippen LogP contribution in [0.3, 0.4) is 0 Å². The third-order valence-corrected chi connectivity index (χ3v) is 2.43. The van der Waals surface area contributed by atoms with Gasteiger partial charge in [-0.15, -0.1) is 6.42 Å². The topological polar surface area (TPSA) is 26.0 Å². The van der Waals surface area contributed by atoms with Gasteiger partial charge in [0.2, 0.25) is 5.89 Å². The average Bonchev–Trinajstić information content (AvgIpc) is 2.61. The van der Waals surface area contributed by atoms with Crippen molar-refractivity contribution in [3.8, 4) is 11.5 Å². The van der Waals surface area contributed by atoms with Crippen molar-refractivity contribution >= 4 is 0 Å². The Labute approximate surface area is 145 Å². The van der Waals surface area contributed by atoms with Crippen LogP contribution in [-0.4, -0.2) is 4.98 Å². The van der Waals surface area contributed by atoms with E-state index in [1.54, 1.807) is 0 Å². The first kappa shape index (κ1) is 14.3. The Morgan fingerprint density at radius 1 is 1.19 bits per heavy atom. The molecule has 2 rings (SSSR count). The molecule has 3 heteroatoms. The summed E-state index contributed by atoms with van der Waals surface area (Å²) in [6.45, 7) is 7.80. The number of oxazole rings is 1. The SMILES string of the molecule is [CH2-]Cc1nc(-c2ccc(C)cc2)oc1C.[Rb+]. The molecule has 0 unspecified atom stereocenters. The van der Waals surface area contributed by atoms with Crippen molar-refractivity contribution in [2.75, 3.05) is 0 Å². The van der Waals surface area contributed by atoms with Crippen molar-refractivity contribution in [1.29, 1.82) is 0 Å². The van der Waals surface area contributed by atoms with E-state index in [9.17, 15) is 0 Å². The Morgan fingerprint density at radius 3 is 2.31 bits per heavy atom. The molecule has 0 saturated carbocycles. The summed E-state index contributed by atoms with van der Waals surface area (Å²) < 4.78 is 5.58. The predicted octanol–water partition coefficient (Wildman–Crippen LogP) is 0.339. The van der Waals surface area contributed by atoms with Gasteiger partial charge in [0.25, 0.3) is 0 Å². The number of benzene rings is 1. The van der Waals surface area contributed by atoms with Crippen LogP contribution in [0, 0.1) is 20.8 Å². The van der Waals surface area contributed by atoms with Crippen LogP contribution in [0.4, 0.5) is 0 Å². The molecule has 0 aliphatic carbocycles. The normalized spacial score (nSPS) is 9.94. The minimum Gasteiger partial charge on any atom is -0.441 e. The molecule has 0 aliphatic rings. The largest absolute Gasteiger partial charge is 1.00 e. The first-order valence-corrected chi connectivity index (χ1v) is 5.03. The number of aryl methyl sites for hydroxylation is 2. The summed E-state index contributed by atoms with van der Waals surface area (Å²) in [6.07, 6.45) is 0.668. The summed E-state index contributed by atoms with van der Waals surface area (Å²) in [5, 5.41) is 0. The van der Waals surface area contributed by atoms with Crippen molar-refractivity contribution in [3.63, 3.8) is 0 Å². The second kappa shape index (κ2) is 6.24. The Bertz CT molecular complexity index is 459. The van der Waals surface area contributed by atoms with E-state index in [0.29, 0.717) is 12.3 Å². The maximum atomic E-state index is 5.58. The number of hydrogen-bond acceptors (Lipinski definition) is 2. The zero-order valence-electron chi connectivity index (χ0n) is 10.1. The van der Waals surface area contributed by atoms with Gasteiger partial charge in [0, 0.05) is 5.56 Å². The average molecular weight is 286 g/mol. The summed E-state index contributed by atoms with van der Waals surface area (Å²) in [7, 11) is 0. The second-order valence-electron chi connectivity index (χ2n) is 3.64. The molecule has 1 aromatic heterocycles. The molecule has 0 spiro atoms.